The lowest BCUT2D eigenvalue weighted by Crippen LogP contribution is -2.03. The van der Waals surface area contributed by atoms with Crippen LogP contribution in [-0.2, 0) is 0 Å². The number of anilines is 1. The van der Waals surface area contributed by atoms with Gasteiger partial charge in [0.05, 0.1) is 24.1 Å². The van der Waals surface area contributed by atoms with Crippen molar-refractivity contribution in [2.75, 3.05) is 12.3 Å². The number of aromatic nitrogens is 1. The number of hydrogen-bond donors (Lipinski definition) is 2. The van der Waals surface area contributed by atoms with Crippen LogP contribution in [-0.4, -0.2) is 22.7 Å². The van der Waals surface area contributed by atoms with E-state index in [9.17, 15) is 4.79 Å². The maximum absolute atomic E-state index is 11.0. The van der Waals surface area contributed by atoms with Gasteiger partial charge in [0, 0.05) is 12.1 Å². The molecule has 104 valence electrons. The predicted molar refractivity (Wildman–Crippen MR) is 73.3 cm³/mol. The van der Waals surface area contributed by atoms with Crippen LogP contribution in [0.15, 0.2) is 36.5 Å². The van der Waals surface area contributed by atoms with Gasteiger partial charge in [0.15, 0.2) is 0 Å². The van der Waals surface area contributed by atoms with Gasteiger partial charge in [-0.2, -0.15) is 0 Å². The van der Waals surface area contributed by atoms with Crippen molar-refractivity contribution >= 4 is 11.7 Å². The third-order valence-electron chi connectivity index (χ3n) is 2.48. The number of nitrogens with zero attached hydrogens (tertiary/aromatic N) is 1. The lowest BCUT2D eigenvalue weighted by Gasteiger charge is -2.08. The summed E-state index contributed by atoms with van der Waals surface area (Å²) in [6.07, 6.45) is 1.26. The third-order valence-corrected chi connectivity index (χ3v) is 2.48. The second-order valence-electron chi connectivity index (χ2n) is 3.92. The van der Waals surface area contributed by atoms with Crippen LogP contribution in [0.4, 0.5) is 5.69 Å². The maximum Gasteiger partial charge on any atom is 0.338 e. The topological polar surface area (TPSA) is 94.7 Å². The average Bonchev–Trinajstić information content (AvgIpc) is 2.41. The van der Waals surface area contributed by atoms with Crippen molar-refractivity contribution in [1.82, 2.24) is 4.98 Å². The quantitative estimate of drug-likeness (QED) is 0.870. The lowest BCUT2D eigenvalue weighted by atomic mass is 10.2. The molecule has 3 N–H and O–H groups in total. The largest absolute Gasteiger partial charge is 0.494 e. The van der Waals surface area contributed by atoms with Gasteiger partial charge in [-0.05, 0) is 19.1 Å². The number of nitrogen functional groups attached to an aromatic ring is 1. The Bertz CT molecular complexity index is 628. The fourth-order valence-electron chi connectivity index (χ4n) is 1.60. The van der Waals surface area contributed by atoms with E-state index >= 15 is 0 Å². The van der Waals surface area contributed by atoms with Crippen molar-refractivity contribution in [2.45, 2.75) is 6.92 Å². The molecule has 0 radical (unpaired) electrons. The van der Waals surface area contributed by atoms with Gasteiger partial charge in [-0.3, -0.25) is 0 Å². The summed E-state index contributed by atoms with van der Waals surface area (Å²) in [4.78, 5) is 14.9. The van der Waals surface area contributed by atoms with Crippen molar-refractivity contribution in [3.05, 3.63) is 42.1 Å². The molecule has 0 saturated carbocycles. The first kappa shape index (κ1) is 13.7. The number of hydrogen-bond acceptors (Lipinski definition) is 5. The van der Waals surface area contributed by atoms with E-state index in [1.54, 1.807) is 24.3 Å². The van der Waals surface area contributed by atoms with Crippen LogP contribution in [0.2, 0.25) is 0 Å². The Morgan fingerprint density at radius 3 is 2.80 bits per heavy atom. The average molecular weight is 274 g/mol. The second kappa shape index (κ2) is 5.92. The van der Waals surface area contributed by atoms with Gasteiger partial charge in [-0.15, -0.1) is 0 Å². The number of nitrogens with two attached hydrogens (primary N) is 1. The van der Waals surface area contributed by atoms with E-state index in [-0.39, 0.29) is 17.1 Å². The maximum atomic E-state index is 11.0. The molecule has 0 aliphatic rings. The molecule has 0 aliphatic heterocycles. The highest BCUT2D eigenvalue weighted by Crippen LogP contribution is 2.25. The summed E-state index contributed by atoms with van der Waals surface area (Å²) in [6, 6.07) is 8.28. The molecule has 1 aromatic heterocycles. The van der Waals surface area contributed by atoms with Crippen LogP contribution in [0.3, 0.4) is 0 Å². The molecular weight excluding hydrogens is 260 g/mol. The van der Waals surface area contributed by atoms with Gasteiger partial charge in [-0.1, -0.05) is 6.07 Å². The van der Waals surface area contributed by atoms with Gasteiger partial charge in [0.1, 0.15) is 11.5 Å². The first-order valence-corrected chi connectivity index (χ1v) is 5.99. The molecule has 0 unspecified atom stereocenters. The standard InChI is InChI=1S/C14H14N2O4/c1-2-19-9-4-3-5-10(6-9)20-13-7-11(14(17)18)12(15)8-16-13/h3-8H,2,15H2,1H3,(H,17,18). The minimum atomic E-state index is -1.13. The van der Waals surface area contributed by atoms with Crippen LogP contribution in [0.25, 0.3) is 0 Å². The summed E-state index contributed by atoms with van der Waals surface area (Å²) in [5, 5.41) is 8.99. The number of aromatic carboxylic acids is 1. The van der Waals surface area contributed by atoms with Gasteiger partial charge in [0.25, 0.3) is 0 Å². The van der Waals surface area contributed by atoms with E-state index in [0.29, 0.717) is 18.1 Å². The van der Waals surface area contributed by atoms with Crippen LogP contribution in [0.5, 0.6) is 17.4 Å². The smallest absolute Gasteiger partial charge is 0.338 e. The molecule has 0 saturated heterocycles. The highest BCUT2D eigenvalue weighted by molar-refractivity contribution is 5.93. The molecule has 6 heteroatoms. The predicted octanol–water partition coefficient (Wildman–Crippen LogP) is 2.55. The van der Waals surface area contributed by atoms with Crippen molar-refractivity contribution in [2.24, 2.45) is 0 Å². The monoisotopic (exact) mass is 274 g/mol. The van der Waals surface area contributed by atoms with E-state index < -0.39 is 5.97 Å². The van der Waals surface area contributed by atoms with Gasteiger partial charge in [-0.25, -0.2) is 9.78 Å². The fraction of sp³-hybridized carbons (Fsp3) is 0.143. The first-order chi connectivity index (χ1) is 9.60. The van der Waals surface area contributed by atoms with Crippen LogP contribution in [0.1, 0.15) is 17.3 Å². The summed E-state index contributed by atoms with van der Waals surface area (Å²) < 4.78 is 10.9. The van der Waals surface area contributed by atoms with Gasteiger partial charge in [0.2, 0.25) is 5.88 Å². The van der Waals surface area contributed by atoms with Crippen molar-refractivity contribution in [3.63, 3.8) is 0 Å². The zero-order chi connectivity index (χ0) is 14.5. The molecule has 0 bridgehead atoms. The Hall–Kier alpha value is -2.76. The Labute approximate surface area is 115 Å². The minimum Gasteiger partial charge on any atom is -0.494 e. The zero-order valence-electron chi connectivity index (χ0n) is 10.9. The summed E-state index contributed by atoms with van der Waals surface area (Å²) in [7, 11) is 0. The second-order valence-corrected chi connectivity index (χ2v) is 3.92. The summed E-state index contributed by atoms with van der Waals surface area (Å²) in [5.74, 6) is 0.200. The Balaban J connectivity index is 2.23. The number of carboxylic acid groups (broad SMARTS) is 1. The third kappa shape index (κ3) is 3.17. The van der Waals surface area contributed by atoms with E-state index in [4.69, 9.17) is 20.3 Å². The van der Waals surface area contributed by atoms with Gasteiger partial charge >= 0.3 is 5.97 Å². The molecule has 0 amide bonds. The summed E-state index contributed by atoms with van der Waals surface area (Å²) in [6.45, 7) is 2.43. The molecule has 1 heterocycles. The van der Waals surface area contributed by atoms with Gasteiger partial charge < -0.3 is 20.3 Å². The molecule has 0 spiro atoms. The number of carbonyl (C=O) groups is 1. The normalized spacial score (nSPS) is 10.1. The van der Waals surface area contributed by atoms with Crippen LogP contribution >= 0.6 is 0 Å². The molecule has 0 atom stereocenters. The molecule has 2 aromatic rings. The SMILES string of the molecule is CCOc1cccc(Oc2cc(C(=O)O)c(N)cn2)c1. The molecule has 6 nitrogen and oxygen atoms in total. The fourth-order valence-corrected chi connectivity index (χ4v) is 1.60. The number of carboxylic acids is 1. The highest BCUT2D eigenvalue weighted by Gasteiger charge is 2.11. The molecular formula is C14H14N2O4. The molecule has 1 aromatic carbocycles. The van der Waals surface area contributed by atoms with Crippen LogP contribution in [0, 0.1) is 0 Å². The lowest BCUT2D eigenvalue weighted by molar-refractivity contribution is 0.0697. The van der Waals surface area contributed by atoms with E-state index in [0.717, 1.165) is 0 Å². The van der Waals surface area contributed by atoms with E-state index in [2.05, 4.69) is 4.98 Å². The van der Waals surface area contributed by atoms with Crippen LogP contribution < -0.4 is 15.2 Å². The number of benzene rings is 1. The Morgan fingerprint density at radius 1 is 1.35 bits per heavy atom. The number of pyridine rings is 1. The van der Waals surface area contributed by atoms with E-state index in [1.165, 1.54) is 12.3 Å². The first-order valence-electron chi connectivity index (χ1n) is 5.99. The summed E-state index contributed by atoms with van der Waals surface area (Å²) >= 11 is 0. The minimum absolute atomic E-state index is 0.0454. The number of ether oxygens (including phenoxy) is 2. The summed E-state index contributed by atoms with van der Waals surface area (Å²) in [5.41, 5.74) is 5.57. The highest BCUT2D eigenvalue weighted by atomic mass is 16.5. The Kier molecular flexibility index (Phi) is 4.05. The molecule has 20 heavy (non-hydrogen) atoms. The van der Waals surface area contributed by atoms with Crippen molar-refractivity contribution in [3.8, 4) is 17.4 Å². The molecule has 0 aliphatic carbocycles. The molecule has 2 rings (SSSR count). The zero-order valence-corrected chi connectivity index (χ0v) is 10.9. The van der Waals surface area contributed by atoms with Crippen molar-refractivity contribution in [1.29, 1.82) is 0 Å². The van der Waals surface area contributed by atoms with E-state index in [1.807, 2.05) is 6.92 Å². The van der Waals surface area contributed by atoms with Crippen molar-refractivity contribution < 1.29 is 19.4 Å². The molecule has 0 fully saturated rings. The number of rotatable bonds is 5. The Morgan fingerprint density at radius 2 is 2.10 bits per heavy atom.